The van der Waals surface area contributed by atoms with E-state index in [-0.39, 0.29) is 5.91 Å². The van der Waals surface area contributed by atoms with Crippen LogP contribution in [0.15, 0.2) is 85.2 Å². The molecule has 0 aliphatic rings. The summed E-state index contributed by atoms with van der Waals surface area (Å²) in [4.78, 5) is 21.3. The van der Waals surface area contributed by atoms with Gasteiger partial charge in [0.1, 0.15) is 12.1 Å². The van der Waals surface area contributed by atoms with Crippen LogP contribution in [0.4, 0.5) is 5.69 Å². The predicted molar refractivity (Wildman–Crippen MR) is 121 cm³/mol. The highest BCUT2D eigenvalue weighted by Gasteiger charge is 2.12. The lowest BCUT2D eigenvalue weighted by Crippen LogP contribution is -2.12. The fourth-order valence-electron chi connectivity index (χ4n) is 3.13. The summed E-state index contributed by atoms with van der Waals surface area (Å²) in [7, 11) is 3.14. The van der Waals surface area contributed by atoms with E-state index < -0.39 is 0 Å². The zero-order chi connectivity index (χ0) is 22.3. The number of rotatable bonds is 7. The lowest BCUT2D eigenvalue weighted by Gasteiger charge is -2.11. The molecule has 0 fully saturated rings. The summed E-state index contributed by atoms with van der Waals surface area (Å²) in [5.41, 5.74) is 2.46. The number of anilines is 1. The van der Waals surface area contributed by atoms with Gasteiger partial charge in [0.2, 0.25) is 5.88 Å². The quantitative estimate of drug-likeness (QED) is 0.436. The van der Waals surface area contributed by atoms with Gasteiger partial charge in [-0.3, -0.25) is 4.79 Å². The normalized spacial score (nSPS) is 10.3. The zero-order valence-corrected chi connectivity index (χ0v) is 17.6. The van der Waals surface area contributed by atoms with Crippen LogP contribution in [0.2, 0.25) is 0 Å². The van der Waals surface area contributed by atoms with Gasteiger partial charge in [0.15, 0.2) is 11.5 Å². The van der Waals surface area contributed by atoms with Gasteiger partial charge in [0.05, 0.1) is 25.6 Å². The van der Waals surface area contributed by atoms with Gasteiger partial charge in [-0.05, 0) is 36.4 Å². The van der Waals surface area contributed by atoms with Crippen LogP contribution < -0.4 is 19.5 Å². The van der Waals surface area contributed by atoms with Gasteiger partial charge in [0.25, 0.3) is 5.91 Å². The maximum Gasteiger partial charge on any atom is 0.255 e. The summed E-state index contributed by atoms with van der Waals surface area (Å²) in [5.74, 6) is 1.84. The molecule has 0 bridgehead atoms. The molecule has 1 amide bonds. The van der Waals surface area contributed by atoms with E-state index in [0.717, 1.165) is 5.56 Å². The van der Waals surface area contributed by atoms with Crippen molar-refractivity contribution in [3.63, 3.8) is 0 Å². The van der Waals surface area contributed by atoms with Gasteiger partial charge >= 0.3 is 0 Å². The third-order valence-electron chi connectivity index (χ3n) is 4.70. The molecule has 0 atom stereocenters. The Balaban J connectivity index is 1.57. The average Bonchev–Trinajstić information content (AvgIpc) is 2.85. The van der Waals surface area contributed by atoms with Crippen LogP contribution in [0, 0.1) is 0 Å². The number of carbonyl (C=O) groups excluding carboxylic acids is 1. The van der Waals surface area contributed by atoms with Crippen molar-refractivity contribution in [1.29, 1.82) is 0 Å². The molecule has 7 heteroatoms. The molecule has 1 heterocycles. The average molecular weight is 427 g/mol. The summed E-state index contributed by atoms with van der Waals surface area (Å²) in [6.07, 6.45) is 1.42. The Bertz CT molecular complexity index is 1240. The number of amides is 1. The number of hydrogen-bond acceptors (Lipinski definition) is 6. The molecule has 3 aromatic carbocycles. The van der Waals surface area contributed by atoms with Crippen LogP contribution >= 0.6 is 0 Å². The molecule has 160 valence electrons. The van der Waals surface area contributed by atoms with Crippen LogP contribution in [0.5, 0.6) is 23.1 Å². The number of ether oxygens (including phenoxy) is 3. The third-order valence-corrected chi connectivity index (χ3v) is 4.70. The monoisotopic (exact) mass is 427 g/mol. The van der Waals surface area contributed by atoms with Crippen molar-refractivity contribution in [3.05, 3.63) is 90.8 Å². The van der Waals surface area contributed by atoms with Crippen molar-refractivity contribution in [2.24, 2.45) is 0 Å². The summed E-state index contributed by atoms with van der Waals surface area (Å²) in [6, 6.07) is 23.4. The van der Waals surface area contributed by atoms with E-state index in [0.29, 0.717) is 40.1 Å². The predicted octanol–water partition coefficient (Wildman–Crippen LogP) is 5.21. The molecule has 4 rings (SSSR count). The molecule has 32 heavy (non-hydrogen) atoms. The smallest absolute Gasteiger partial charge is 0.255 e. The number of benzene rings is 3. The van der Waals surface area contributed by atoms with Gasteiger partial charge < -0.3 is 19.5 Å². The fourth-order valence-corrected chi connectivity index (χ4v) is 3.13. The molecule has 0 saturated carbocycles. The number of aromatic nitrogens is 2. The van der Waals surface area contributed by atoms with E-state index in [9.17, 15) is 4.79 Å². The Morgan fingerprint density at radius 2 is 1.50 bits per heavy atom. The molecule has 0 unspecified atom stereocenters. The minimum Gasteiger partial charge on any atom is -0.495 e. The Morgan fingerprint density at radius 1 is 0.781 bits per heavy atom. The van der Waals surface area contributed by atoms with Crippen LogP contribution in [0.25, 0.3) is 11.3 Å². The van der Waals surface area contributed by atoms with Gasteiger partial charge in [-0.2, -0.15) is 0 Å². The first-order valence-electron chi connectivity index (χ1n) is 9.85. The van der Waals surface area contributed by atoms with E-state index in [2.05, 4.69) is 15.3 Å². The first kappa shape index (κ1) is 20.9. The molecule has 7 nitrogen and oxygen atoms in total. The number of nitrogens with zero attached hydrogens (tertiary/aromatic N) is 2. The molecule has 0 aliphatic carbocycles. The summed E-state index contributed by atoms with van der Waals surface area (Å²) in [5, 5.41) is 2.88. The Hall–Kier alpha value is -4.39. The van der Waals surface area contributed by atoms with Crippen molar-refractivity contribution in [2.45, 2.75) is 0 Å². The maximum atomic E-state index is 12.8. The first-order valence-corrected chi connectivity index (χ1v) is 9.85. The van der Waals surface area contributed by atoms with Gasteiger partial charge in [-0.1, -0.05) is 36.4 Å². The highest BCUT2D eigenvalue weighted by Crippen LogP contribution is 2.31. The number of nitrogens with one attached hydrogen (secondary N) is 1. The van der Waals surface area contributed by atoms with E-state index >= 15 is 0 Å². The largest absolute Gasteiger partial charge is 0.495 e. The van der Waals surface area contributed by atoms with E-state index in [4.69, 9.17) is 14.2 Å². The van der Waals surface area contributed by atoms with E-state index in [1.54, 1.807) is 62.8 Å². The van der Waals surface area contributed by atoms with Crippen molar-refractivity contribution in [3.8, 4) is 34.4 Å². The van der Waals surface area contributed by atoms with Crippen molar-refractivity contribution in [2.75, 3.05) is 19.5 Å². The summed E-state index contributed by atoms with van der Waals surface area (Å²) in [6.45, 7) is 0. The van der Waals surface area contributed by atoms with Crippen molar-refractivity contribution in [1.82, 2.24) is 9.97 Å². The SMILES string of the molecule is COc1ccccc1NC(=O)c1cccc(-c2cc(Oc3ccccc3OC)ncn2)c1. The van der Waals surface area contributed by atoms with Gasteiger partial charge in [-0.15, -0.1) is 0 Å². The molecular formula is C25H21N3O4. The minimum absolute atomic E-state index is 0.254. The standard InChI is InChI=1S/C25H21N3O4/c1-30-21-11-4-3-10-19(21)28-25(29)18-9-7-8-17(14-18)20-15-24(27-16-26-20)32-23-13-6-5-12-22(23)31-2/h3-16H,1-2H3,(H,28,29). The topological polar surface area (TPSA) is 82.6 Å². The lowest BCUT2D eigenvalue weighted by atomic mass is 10.1. The summed E-state index contributed by atoms with van der Waals surface area (Å²) >= 11 is 0. The highest BCUT2D eigenvalue weighted by atomic mass is 16.5. The maximum absolute atomic E-state index is 12.8. The van der Waals surface area contributed by atoms with Crippen LogP contribution in [-0.2, 0) is 0 Å². The second-order valence-electron chi connectivity index (χ2n) is 6.73. The molecule has 4 aromatic rings. The first-order chi connectivity index (χ1) is 15.7. The molecule has 1 N–H and O–H groups in total. The molecule has 0 saturated heterocycles. The number of hydrogen-bond donors (Lipinski definition) is 1. The number of methoxy groups -OCH3 is 2. The third kappa shape index (κ3) is 4.67. The highest BCUT2D eigenvalue weighted by molar-refractivity contribution is 6.05. The molecule has 0 spiro atoms. The molecule has 0 radical (unpaired) electrons. The number of para-hydroxylation sites is 4. The fraction of sp³-hybridized carbons (Fsp3) is 0.0800. The molecular weight excluding hydrogens is 406 g/mol. The second kappa shape index (κ2) is 9.61. The van der Waals surface area contributed by atoms with Crippen molar-refractivity contribution >= 4 is 11.6 Å². The van der Waals surface area contributed by atoms with Gasteiger partial charge in [0, 0.05) is 17.2 Å². The van der Waals surface area contributed by atoms with Crippen molar-refractivity contribution < 1.29 is 19.0 Å². The molecule has 1 aromatic heterocycles. The Labute approximate surface area is 185 Å². The van der Waals surface area contributed by atoms with Crippen LogP contribution in [0.1, 0.15) is 10.4 Å². The second-order valence-corrected chi connectivity index (χ2v) is 6.73. The Kier molecular flexibility index (Phi) is 6.27. The van der Waals surface area contributed by atoms with Crippen LogP contribution in [0.3, 0.4) is 0 Å². The van der Waals surface area contributed by atoms with E-state index in [1.807, 2.05) is 30.3 Å². The van der Waals surface area contributed by atoms with Crippen LogP contribution in [-0.4, -0.2) is 30.1 Å². The molecule has 0 aliphatic heterocycles. The van der Waals surface area contributed by atoms with E-state index in [1.165, 1.54) is 6.33 Å². The summed E-state index contributed by atoms with van der Waals surface area (Å²) < 4.78 is 16.5. The Morgan fingerprint density at radius 3 is 2.28 bits per heavy atom. The lowest BCUT2D eigenvalue weighted by molar-refractivity contribution is 0.102. The number of carbonyl (C=O) groups is 1. The minimum atomic E-state index is -0.254. The van der Waals surface area contributed by atoms with Gasteiger partial charge in [-0.25, -0.2) is 9.97 Å². The zero-order valence-electron chi connectivity index (χ0n) is 17.6.